The molecule has 0 aliphatic carbocycles. The minimum atomic E-state index is 0.00319. The standard InChI is InChI=1S/C8H13NO2/c1-2-3-6-9-7(10)4-5-8(9)11/h2-6H2,1H3. The highest BCUT2D eigenvalue weighted by Gasteiger charge is 2.27. The Morgan fingerprint density at radius 2 is 1.82 bits per heavy atom. The number of amides is 2. The highest BCUT2D eigenvalue weighted by atomic mass is 16.2. The second-order valence-corrected chi connectivity index (χ2v) is 2.79. The van der Waals surface area contributed by atoms with Gasteiger partial charge in [0.1, 0.15) is 0 Å². The van der Waals surface area contributed by atoms with Crippen LogP contribution in [0.15, 0.2) is 0 Å². The van der Waals surface area contributed by atoms with Gasteiger partial charge in [0, 0.05) is 19.4 Å². The molecule has 1 aliphatic heterocycles. The number of nitrogens with zero attached hydrogens (tertiary/aromatic N) is 1. The van der Waals surface area contributed by atoms with Crippen LogP contribution in [0.2, 0.25) is 0 Å². The number of hydrogen-bond acceptors (Lipinski definition) is 2. The monoisotopic (exact) mass is 155 g/mol. The maximum atomic E-state index is 11.0. The number of imide groups is 1. The summed E-state index contributed by atoms with van der Waals surface area (Å²) in [6, 6.07) is 0. The van der Waals surface area contributed by atoms with E-state index in [2.05, 4.69) is 0 Å². The number of carbonyl (C=O) groups excluding carboxylic acids is 2. The summed E-state index contributed by atoms with van der Waals surface area (Å²) in [4.78, 5) is 23.4. The number of carbonyl (C=O) groups is 2. The molecule has 3 heteroatoms. The fraction of sp³-hybridized carbons (Fsp3) is 0.750. The first-order valence-electron chi connectivity index (χ1n) is 4.09. The van der Waals surface area contributed by atoms with E-state index in [4.69, 9.17) is 0 Å². The molecule has 3 nitrogen and oxygen atoms in total. The summed E-state index contributed by atoms with van der Waals surface area (Å²) in [5.74, 6) is 0.00639. The summed E-state index contributed by atoms with van der Waals surface area (Å²) in [5, 5.41) is 0. The second-order valence-electron chi connectivity index (χ2n) is 2.79. The van der Waals surface area contributed by atoms with Gasteiger partial charge < -0.3 is 0 Å². The molecule has 1 aliphatic rings. The van der Waals surface area contributed by atoms with Crippen molar-refractivity contribution in [2.75, 3.05) is 6.54 Å². The first-order valence-corrected chi connectivity index (χ1v) is 4.09. The molecule has 1 saturated heterocycles. The normalized spacial score (nSPS) is 18.1. The predicted molar refractivity (Wildman–Crippen MR) is 40.9 cm³/mol. The summed E-state index contributed by atoms with van der Waals surface area (Å²) < 4.78 is 0. The van der Waals surface area contributed by atoms with Gasteiger partial charge >= 0.3 is 0 Å². The third-order valence-corrected chi connectivity index (χ3v) is 1.89. The van der Waals surface area contributed by atoms with Gasteiger partial charge in [-0.1, -0.05) is 13.3 Å². The minimum absolute atomic E-state index is 0.00319. The number of rotatable bonds is 3. The maximum Gasteiger partial charge on any atom is 0.229 e. The van der Waals surface area contributed by atoms with Gasteiger partial charge in [0.05, 0.1) is 0 Å². The zero-order chi connectivity index (χ0) is 8.27. The van der Waals surface area contributed by atoms with Crippen LogP contribution in [0.5, 0.6) is 0 Å². The average molecular weight is 155 g/mol. The summed E-state index contributed by atoms with van der Waals surface area (Å²) in [7, 11) is 0. The van der Waals surface area contributed by atoms with E-state index in [1.54, 1.807) is 0 Å². The number of unbranched alkanes of at least 4 members (excludes halogenated alkanes) is 1. The van der Waals surface area contributed by atoms with E-state index in [0.717, 1.165) is 12.8 Å². The van der Waals surface area contributed by atoms with E-state index >= 15 is 0 Å². The quantitative estimate of drug-likeness (QED) is 0.569. The fourth-order valence-electron chi connectivity index (χ4n) is 1.19. The van der Waals surface area contributed by atoms with Gasteiger partial charge in [0.15, 0.2) is 0 Å². The van der Waals surface area contributed by atoms with Gasteiger partial charge in [-0.3, -0.25) is 14.5 Å². The molecule has 1 heterocycles. The predicted octanol–water partition coefficient (Wildman–Crippen LogP) is 0.935. The third-order valence-electron chi connectivity index (χ3n) is 1.89. The van der Waals surface area contributed by atoms with Gasteiger partial charge in [-0.05, 0) is 6.42 Å². The van der Waals surface area contributed by atoms with Crippen LogP contribution in [-0.4, -0.2) is 23.3 Å². The third kappa shape index (κ3) is 1.79. The zero-order valence-electron chi connectivity index (χ0n) is 6.80. The second kappa shape index (κ2) is 3.51. The largest absolute Gasteiger partial charge is 0.283 e. The van der Waals surface area contributed by atoms with E-state index < -0.39 is 0 Å². The summed E-state index contributed by atoms with van der Waals surface area (Å²) >= 11 is 0. The van der Waals surface area contributed by atoms with Crippen molar-refractivity contribution in [1.29, 1.82) is 0 Å². The summed E-state index contributed by atoms with van der Waals surface area (Å²) in [6.07, 6.45) is 2.79. The lowest BCUT2D eigenvalue weighted by Crippen LogP contribution is -2.29. The van der Waals surface area contributed by atoms with Crippen LogP contribution < -0.4 is 0 Å². The number of hydrogen-bond donors (Lipinski definition) is 0. The molecular formula is C8H13NO2. The lowest BCUT2D eigenvalue weighted by molar-refractivity contribution is -0.138. The highest BCUT2D eigenvalue weighted by molar-refractivity contribution is 6.01. The smallest absolute Gasteiger partial charge is 0.229 e. The van der Waals surface area contributed by atoms with Gasteiger partial charge in [0.25, 0.3) is 0 Å². The first kappa shape index (κ1) is 8.24. The molecule has 62 valence electrons. The molecule has 0 unspecified atom stereocenters. The Bertz CT molecular complexity index is 161. The van der Waals surface area contributed by atoms with E-state index in [1.165, 1.54) is 4.90 Å². The average Bonchev–Trinajstić information content (AvgIpc) is 2.29. The molecule has 2 amide bonds. The van der Waals surface area contributed by atoms with Crippen molar-refractivity contribution in [1.82, 2.24) is 4.90 Å². The zero-order valence-corrected chi connectivity index (χ0v) is 6.80. The Morgan fingerprint density at radius 3 is 2.27 bits per heavy atom. The Kier molecular flexibility index (Phi) is 2.63. The summed E-state index contributed by atoms with van der Waals surface area (Å²) in [6.45, 7) is 2.67. The molecular weight excluding hydrogens is 142 g/mol. The Hall–Kier alpha value is -0.860. The molecule has 1 rings (SSSR count). The van der Waals surface area contributed by atoms with E-state index in [9.17, 15) is 9.59 Å². The summed E-state index contributed by atoms with van der Waals surface area (Å²) in [5.41, 5.74) is 0. The fourth-order valence-corrected chi connectivity index (χ4v) is 1.19. The van der Waals surface area contributed by atoms with Crippen LogP contribution in [0.4, 0.5) is 0 Å². The van der Waals surface area contributed by atoms with Gasteiger partial charge in [-0.15, -0.1) is 0 Å². The topological polar surface area (TPSA) is 37.4 Å². The molecule has 11 heavy (non-hydrogen) atoms. The van der Waals surface area contributed by atoms with Crippen LogP contribution in [0, 0.1) is 0 Å². The molecule has 0 saturated carbocycles. The molecule has 0 bridgehead atoms. The van der Waals surface area contributed by atoms with Crippen molar-refractivity contribution in [2.24, 2.45) is 0 Å². The van der Waals surface area contributed by atoms with Crippen LogP contribution in [0.25, 0.3) is 0 Å². The van der Waals surface area contributed by atoms with E-state index in [-0.39, 0.29) is 11.8 Å². The van der Waals surface area contributed by atoms with Crippen molar-refractivity contribution in [3.63, 3.8) is 0 Å². The van der Waals surface area contributed by atoms with Crippen LogP contribution >= 0.6 is 0 Å². The minimum Gasteiger partial charge on any atom is -0.283 e. The van der Waals surface area contributed by atoms with Gasteiger partial charge in [0.2, 0.25) is 11.8 Å². The Balaban J connectivity index is 2.41. The van der Waals surface area contributed by atoms with Crippen LogP contribution in [-0.2, 0) is 9.59 Å². The Morgan fingerprint density at radius 1 is 1.27 bits per heavy atom. The molecule has 0 aromatic carbocycles. The molecule has 1 fully saturated rings. The van der Waals surface area contributed by atoms with Crippen LogP contribution in [0.3, 0.4) is 0 Å². The van der Waals surface area contributed by atoms with Crippen molar-refractivity contribution < 1.29 is 9.59 Å². The van der Waals surface area contributed by atoms with Crippen molar-refractivity contribution in [2.45, 2.75) is 32.6 Å². The molecule has 0 spiro atoms. The molecule has 0 aromatic heterocycles. The molecule has 0 radical (unpaired) electrons. The van der Waals surface area contributed by atoms with E-state index in [1.807, 2.05) is 6.92 Å². The van der Waals surface area contributed by atoms with Crippen molar-refractivity contribution in [3.05, 3.63) is 0 Å². The van der Waals surface area contributed by atoms with Crippen LogP contribution in [0.1, 0.15) is 32.6 Å². The molecule has 0 aromatic rings. The molecule has 0 N–H and O–H groups in total. The number of likely N-dealkylation sites (tertiary alicyclic amines) is 1. The van der Waals surface area contributed by atoms with E-state index in [0.29, 0.717) is 19.4 Å². The lowest BCUT2D eigenvalue weighted by Gasteiger charge is -2.11. The van der Waals surface area contributed by atoms with Gasteiger partial charge in [-0.25, -0.2) is 0 Å². The first-order chi connectivity index (χ1) is 5.25. The Labute approximate surface area is 66.4 Å². The highest BCUT2D eigenvalue weighted by Crippen LogP contribution is 2.11. The van der Waals surface area contributed by atoms with Crippen molar-refractivity contribution >= 4 is 11.8 Å². The van der Waals surface area contributed by atoms with Crippen molar-refractivity contribution in [3.8, 4) is 0 Å². The molecule has 0 atom stereocenters. The maximum absolute atomic E-state index is 11.0. The van der Waals surface area contributed by atoms with Gasteiger partial charge in [-0.2, -0.15) is 0 Å². The lowest BCUT2D eigenvalue weighted by atomic mass is 10.3. The SMILES string of the molecule is CCCCN1C(=O)CCC1=O.